The molecule has 1 aromatic heterocycles. The maximum atomic E-state index is 6.44. The third-order valence-corrected chi connectivity index (χ3v) is 4.13. The fraction of sp³-hybridized carbons (Fsp3) is 0.263. The molecule has 0 saturated heterocycles. The summed E-state index contributed by atoms with van der Waals surface area (Å²) in [6.45, 7) is 5.24. The summed E-state index contributed by atoms with van der Waals surface area (Å²) in [4.78, 5) is 0. The average Bonchev–Trinajstić information content (AvgIpc) is 2.98. The van der Waals surface area contributed by atoms with Crippen LogP contribution in [-0.2, 0) is 6.54 Å². The second kappa shape index (κ2) is 7.07. The van der Waals surface area contributed by atoms with Crippen molar-refractivity contribution in [2.75, 3.05) is 6.61 Å². The molecule has 3 nitrogen and oxygen atoms in total. The van der Waals surface area contributed by atoms with E-state index in [9.17, 15) is 0 Å². The Morgan fingerprint density at radius 3 is 2.74 bits per heavy atom. The first kappa shape index (κ1) is 15.9. The Morgan fingerprint density at radius 2 is 1.96 bits per heavy atom. The third-order valence-electron chi connectivity index (χ3n) is 3.74. The standard InChI is InChI=1S/C19H20ClNO2/c1-13(21-11-16-9-7-14(2)23-16)12-22-18-10-8-15-5-3-4-6-17(15)19(18)20/h3-10,13,21H,11-12H2,1-2H3. The third kappa shape index (κ3) is 3.87. The molecule has 1 N–H and O–H groups in total. The Labute approximate surface area is 141 Å². The molecule has 0 aliphatic heterocycles. The highest BCUT2D eigenvalue weighted by molar-refractivity contribution is 6.37. The van der Waals surface area contributed by atoms with E-state index in [0.717, 1.165) is 22.3 Å². The van der Waals surface area contributed by atoms with Crippen molar-refractivity contribution in [3.8, 4) is 5.75 Å². The van der Waals surface area contributed by atoms with E-state index in [1.807, 2.05) is 55.5 Å². The van der Waals surface area contributed by atoms with Gasteiger partial charge in [-0.3, -0.25) is 0 Å². The zero-order valence-electron chi connectivity index (χ0n) is 13.3. The molecule has 2 aromatic carbocycles. The van der Waals surface area contributed by atoms with Gasteiger partial charge in [-0.25, -0.2) is 0 Å². The normalized spacial score (nSPS) is 12.5. The molecule has 3 rings (SSSR count). The van der Waals surface area contributed by atoms with Gasteiger partial charge in [-0.1, -0.05) is 41.9 Å². The van der Waals surface area contributed by atoms with Crippen molar-refractivity contribution in [2.24, 2.45) is 0 Å². The van der Waals surface area contributed by atoms with Crippen molar-refractivity contribution >= 4 is 22.4 Å². The van der Waals surface area contributed by atoms with Gasteiger partial charge in [-0.2, -0.15) is 0 Å². The van der Waals surface area contributed by atoms with Gasteiger partial charge in [-0.05, 0) is 37.4 Å². The minimum atomic E-state index is 0.183. The highest BCUT2D eigenvalue weighted by atomic mass is 35.5. The van der Waals surface area contributed by atoms with E-state index in [1.165, 1.54) is 0 Å². The van der Waals surface area contributed by atoms with Crippen LogP contribution in [0.2, 0.25) is 5.02 Å². The summed E-state index contributed by atoms with van der Waals surface area (Å²) < 4.78 is 11.4. The van der Waals surface area contributed by atoms with E-state index in [1.54, 1.807) is 0 Å². The van der Waals surface area contributed by atoms with Crippen LogP contribution in [0.5, 0.6) is 5.75 Å². The Hall–Kier alpha value is -1.97. The van der Waals surface area contributed by atoms with Gasteiger partial charge in [-0.15, -0.1) is 0 Å². The summed E-state index contributed by atoms with van der Waals surface area (Å²) in [7, 11) is 0. The molecule has 1 atom stereocenters. The van der Waals surface area contributed by atoms with Gasteiger partial charge >= 0.3 is 0 Å². The molecule has 23 heavy (non-hydrogen) atoms. The van der Waals surface area contributed by atoms with Crippen LogP contribution in [0.25, 0.3) is 10.8 Å². The van der Waals surface area contributed by atoms with E-state index >= 15 is 0 Å². The molecular formula is C19H20ClNO2. The van der Waals surface area contributed by atoms with Gasteiger partial charge in [0.1, 0.15) is 23.9 Å². The van der Waals surface area contributed by atoms with Crippen molar-refractivity contribution in [1.82, 2.24) is 5.32 Å². The Morgan fingerprint density at radius 1 is 1.13 bits per heavy atom. The van der Waals surface area contributed by atoms with Crippen LogP contribution >= 0.6 is 11.6 Å². The molecule has 0 aliphatic carbocycles. The van der Waals surface area contributed by atoms with Gasteiger partial charge in [0, 0.05) is 11.4 Å². The summed E-state index contributed by atoms with van der Waals surface area (Å²) in [6, 6.07) is 16.1. The Bertz CT molecular complexity index is 797. The molecule has 0 saturated carbocycles. The number of rotatable bonds is 6. The van der Waals surface area contributed by atoms with Crippen molar-refractivity contribution in [2.45, 2.75) is 26.4 Å². The first-order chi connectivity index (χ1) is 11.1. The van der Waals surface area contributed by atoms with Crippen molar-refractivity contribution in [3.63, 3.8) is 0 Å². The number of hydrogen-bond acceptors (Lipinski definition) is 3. The minimum absolute atomic E-state index is 0.183. The number of furan rings is 1. The summed E-state index contributed by atoms with van der Waals surface area (Å²) in [5.74, 6) is 2.57. The molecule has 0 radical (unpaired) electrons. The molecule has 1 heterocycles. The van der Waals surface area contributed by atoms with Crippen molar-refractivity contribution in [3.05, 3.63) is 65.1 Å². The number of hydrogen-bond donors (Lipinski definition) is 1. The second-order valence-corrected chi connectivity index (χ2v) is 6.08. The van der Waals surface area contributed by atoms with Crippen LogP contribution in [0.15, 0.2) is 52.9 Å². The summed E-state index contributed by atoms with van der Waals surface area (Å²) in [5, 5.41) is 6.17. The second-order valence-electron chi connectivity index (χ2n) is 5.70. The molecule has 0 bridgehead atoms. The lowest BCUT2D eigenvalue weighted by Crippen LogP contribution is -2.31. The number of aryl methyl sites for hydroxylation is 1. The van der Waals surface area contributed by atoms with Gasteiger partial charge in [0.25, 0.3) is 0 Å². The largest absolute Gasteiger partial charge is 0.490 e. The lowest BCUT2D eigenvalue weighted by molar-refractivity contribution is 0.269. The zero-order valence-corrected chi connectivity index (χ0v) is 14.1. The van der Waals surface area contributed by atoms with E-state index in [4.69, 9.17) is 20.8 Å². The zero-order chi connectivity index (χ0) is 16.2. The Kier molecular flexibility index (Phi) is 4.89. The Balaban J connectivity index is 1.58. The van der Waals surface area contributed by atoms with E-state index in [2.05, 4.69) is 12.2 Å². The molecule has 1 unspecified atom stereocenters. The van der Waals surface area contributed by atoms with Gasteiger partial charge in [0.15, 0.2) is 0 Å². The van der Waals surface area contributed by atoms with Crippen LogP contribution in [-0.4, -0.2) is 12.6 Å². The van der Waals surface area contributed by atoms with Gasteiger partial charge in [0.05, 0.1) is 11.6 Å². The lowest BCUT2D eigenvalue weighted by Gasteiger charge is -2.15. The molecule has 0 amide bonds. The van der Waals surface area contributed by atoms with E-state index in [0.29, 0.717) is 23.9 Å². The summed E-state index contributed by atoms with van der Waals surface area (Å²) in [5.41, 5.74) is 0. The molecular weight excluding hydrogens is 310 g/mol. The number of fused-ring (bicyclic) bond motifs is 1. The van der Waals surface area contributed by atoms with Crippen LogP contribution in [0.3, 0.4) is 0 Å². The van der Waals surface area contributed by atoms with E-state index < -0.39 is 0 Å². The monoisotopic (exact) mass is 329 g/mol. The lowest BCUT2D eigenvalue weighted by atomic mass is 10.1. The molecule has 0 aliphatic rings. The highest BCUT2D eigenvalue weighted by Gasteiger charge is 2.09. The van der Waals surface area contributed by atoms with E-state index in [-0.39, 0.29) is 6.04 Å². The molecule has 0 fully saturated rings. The first-order valence-electron chi connectivity index (χ1n) is 7.72. The quantitative estimate of drug-likeness (QED) is 0.694. The van der Waals surface area contributed by atoms with Crippen LogP contribution in [0.4, 0.5) is 0 Å². The molecule has 120 valence electrons. The van der Waals surface area contributed by atoms with Crippen molar-refractivity contribution < 1.29 is 9.15 Å². The number of benzene rings is 2. The molecule has 4 heteroatoms. The van der Waals surface area contributed by atoms with Crippen LogP contribution < -0.4 is 10.1 Å². The average molecular weight is 330 g/mol. The SMILES string of the molecule is Cc1ccc(CNC(C)COc2ccc3ccccc3c2Cl)o1. The summed E-state index contributed by atoms with van der Waals surface area (Å²) in [6.07, 6.45) is 0. The number of halogens is 1. The minimum Gasteiger partial charge on any atom is -0.490 e. The first-order valence-corrected chi connectivity index (χ1v) is 8.10. The maximum absolute atomic E-state index is 6.44. The highest BCUT2D eigenvalue weighted by Crippen LogP contribution is 2.32. The fourth-order valence-corrected chi connectivity index (χ4v) is 2.74. The van der Waals surface area contributed by atoms with Gasteiger partial charge < -0.3 is 14.5 Å². The molecule has 0 spiro atoms. The van der Waals surface area contributed by atoms with Crippen LogP contribution in [0.1, 0.15) is 18.4 Å². The van der Waals surface area contributed by atoms with Crippen LogP contribution in [0, 0.1) is 6.92 Å². The van der Waals surface area contributed by atoms with Crippen molar-refractivity contribution in [1.29, 1.82) is 0 Å². The van der Waals surface area contributed by atoms with Gasteiger partial charge in [0.2, 0.25) is 0 Å². The molecule has 3 aromatic rings. The topological polar surface area (TPSA) is 34.4 Å². The predicted molar refractivity (Wildman–Crippen MR) is 94.2 cm³/mol. The number of ether oxygens (including phenoxy) is 1. The maximum Gasteiger partial charge on any atom is 0.138 e. The summed E-state index contributed by atoms with van der Waals surface area (Å²) >= 11 is 6.44. The number of nitrogens with one attached hydrogen (secondary N) is 1. The smallest absolute Gasteiger partial charge is 0.138 e. The predicted octanol–water partition coefficient (Wildman–Crippen LogP) is 4.95. The fourth-order valence-electron chi connectivity index (χ4n) is 2.45.